The van der Waals surface area contributed by atoms with Crippen LogP contribution in [0.5, 0.6) is 0 Å². The first kappa shape index (κ1) is 17.3. The SMILES string of the molecule is FC(F)(F)c1nccc2c3ccccc3n(CCCN3CCNCC3)c12. The molecule has 7 heteroatoms. The van der Waals surface area contributed by atoms with Crippen LogP contribution in [-0.2, 0) is 12.7 Å². The average Bonchev–Trinajstić information content (AvgIpc) is 2.96. The van der Waals surface area contributed by atoms with Crippen LogP contribution in [0.1, 0.15) is 12.1 Å². The van der Waals surface area contributed by atoms with Gasteiger partial charge in [-0.25, -0.2) is 4.98 Å². The first-order valence-electron chi connectivity index (χ1n) is 8.92. The molecule has 138 valence electrons. The highest BCUT2D eigenvalue weighted by molar-refractivity contribution is 6.08. The number of para-hydroxylation sites is 1. The maximum atomic E-state index is 13.5. The summed E-state index contributed by atoms with van der Waals surface area (Å²) in [7, 11) is 0. The van der Waals surface area contributed by atoms with Crippen LogP contribution in [0, 0.1) is 0 Å². The van der Waals surface area contributed by atoms with Gasteiger partial charge in [-0.05, 0) is 25.1 Å². The van der Waals surface area contributed by atoms with Crippen LogP contribution in [0.2, 0.25) is 0 Å². The molecule has 1 aromatic carbocycles. The molecule has 2 aromatic heterocycles. The number of nitrogens with zero attached hydrogens (tertiary/aromatic N) is 3. The normalized spacial score (nSPS) is 16.6. The van der Waals surface area contributed by atoms with E-state index in [1.165, 1.54) is 6.20 Å². The molecule has 1 aliphatic rings. The molecule has 3 heterocycles. The third-order valence-electron chi connectivity index (χ3n) is 5.01. The van der Waals surface area contributed by atoms with E-state index >= 15 is 0 Å². The Morgan fingerprint density at radius 1 is 1.00 bits per heavy atom. The maximum Gasteiger partial charge on any atom is 0.435 e. The first-order chi connectivity index (χ1) is 12.6. The molecule has 26 heavy (non-hydrogen) atoms. The molecule has 0 saturated carbocycles. The molecule has 0 atom stereocenters. The fraction of sp³-hybridized carbons (Fsp3) is 0.421. The van der Waals surface area contributed by atoms with Gasteiger partial charge in [0.05, 0.1) is 5.52 Å². The molecule has 4 nitrogen and oxygen atoms in total. The summed E-state index contributed by atoms with van der Waals surface area (Å²) in [6.07, 6.45) is -2.41. The number of hydrogen-bond acceptors (Lipinski definition) is 3. The minimum absolute atomic E-state index is 0.196. The minimum Gasteiger partial charge on any atom is -0.339 e. The zero-order valence-corrected chi connectivity index (χ0v) is 14.4. The number of hydrogen-bond donors (Lipinski definition) is 1. The molecule has 3 aromatic rings. The molecule has 1 aliphatic heterocycles. The van der Waals surface area contributed by atoms with Crippen LogP contribution in [-0.4, -0.2) is 47.2 Å². The Bertz CT molecular complexity index is 910. The van der Waals surface area contributed by atoms with E-state index in [1.807, 2.05) is 24.3 Å². The lowest BCUT2D eigenvalue weighted by molar-refractivity contribution is -0.140. The monoisotopic (exact) mass is 362 g/mol. The number of pyridine rings is 1. The molecule has 0 bridgehead atoms. The number of benzene rings is 1. The van der Waals surface area contributed by atoms with Crippen LogP contribution in [0.3, 0.4) is 0 Å². The van der Waals surface area contributed by atoms with Crippen molar-refractivity contribution in [3.63, 3.8) is 0 Å². The third kappa shape index (κ3) is 3.17. The van der Waals surface area contributed by atoms with Crippen molar-refractivity contribution in [1.82, 2.24) is 19.8 Å². The summed E-state index contributed by atoms with van der Waals surface area (Å²) >= 11 is 0. The summed E-state index contributed by atoms with van der Waals surface area (Å²) in [5.74, 6) is 0. The van der Waals surface area contributed by atoms with Gasteiger partial charge in [-0.1, -0.05) is 18.2 Å². The summed E-state index contributed by atoms with van der Waals surface area (Å²) < 4.78 is 42.4. The van der Waals surface area contributed by atoms with E-state index in [1.54, 1.807) is 10.6 Å². The van der Waals surface area contributed by atoms with Gasteiger partial charge in [-0.2, -0.15) is 13.2 Å². The van der Waals surface area contributed by atoms with Gasteiger partial charge in [0.15, 0.2) is 5.69 Å². The van der Waals surface area contributed by atoms with E-state index in [0.29, 0.717) is 11.9 Å². The topological polar surface area (TPSA) is 33.1 Å². The molecule has 0 unspecified atom stereocenters. The Hall–Kier alpha value is -2.12. The predicted octanol–water partition coefficient (Wildman–Crippen LogP) is 3.50. The zero-order chi connectivity index (χ0) is 18.1. The van der Waals surface area contributed by atoms with Crippen LogP contribution in [0.15, 0.2) is 36.5 Å². The van der Waals surface area contributed by atoms with Crippen LogP contribution in [0.25, 0.3) is 21.8 Å². The van der Waals surface area contributed by atoms with Crippen molar-refractivity contribution in [1.29, 1.82) is 0 Å². The molecule has 0 amide bonds. The quantitative estimate of drug-likeness (QED) is 0.771. The van der Waals surface area contributed by atoms with Crippen molar-refractivity contribution in [2.75, 3.05) is 32.7 Å². The lowest BCUT2D eigenvalue weighted by atomic mass is 10.1. The van der Waals surface area contributed by atoms with Gasteiger partial charge in [-0.3, -0.25) is 0 Å². The molecule has 1 saturated heterocycles. The smallest absolute Gasteiger partial charge is 0.339 e. The summed E-state index contributed by atoms with van der Waals surface area (Å²) in [5.41, 5.74) is 0.233. The molecule has 0 radical (unpaired) electrons. The van der Waals surface area contributed by atoms with Crippen molar-refractivity contribution in [3.05, 3.63) is 42.2 Å². The zero-order valence-electron chi connectivity index (χ0n) is 14.4. The summed E-state index contributed by atoms with van der Waals surface area (Å²) in [6.45, 7) is 5.35. The van der Waals surface area contributed by atoms with E-state index in [4.69, 9.17) is 0 Å². The molecule has 0 aliphatic carbocycles. The molecule has 1 fully saturated rings. The van der Waals surface area contributed by atoms with E-state index in [0.717, 1.165) is 50.0 Å². The fourth-order valence-corrected chi connectivity index (χ4v) is 3.83. The molecule has 1 N–H and O–H groups in total. The number of aromatic nitrogens is 2. The van der Waals surface area contributed by atoms with Gasteiger partial charge in [-0.15, -0.1) is 0 Å². The van der Waals surface area contributed by atoms with E-state index in [9.17, 15) is 13.2 Å². The van der Waals surface area contributed by atoms with Crippen molar-refractivity contribution < 1.29 is 13.2 Å². The van der Waals surface area contributed by atoms with Crippen molar-refractivity contribution in [2.45, 2.75) is 19.1 Å². The molecule has 0 spiro atoms. The number of alkyl halides is 3. The Kier molecular flexibility index (Phi) is 4.58. The number of aryl methyl sites for hydroxylation is 1. The Morgan fingerprint density at radius 2 is 1.77 bits per heavy atom. The van der Waals surface area contributed by atoms with Gasteiger partial charge >= 0.3 is 6.18 Å². The highest BCUT2D eigenvalue weighted by Crippen LogP contribution is 2.37. The van der Waals surface area contributed by atoms with Gasteiger partial charge in [0.2, 0.25) is 0 Å². The van der Waals surface area contributed by atoms with Crippen molar-refractivity contribution >= 4 is 21.8 Å². The summed E-state index contributed by atoms with van der Waals surface area (Å²) in [4.78, 5) is 6.02. The number of rotatable bonds is 4. The Labute approximate surface area is 149 Å². The second kappa shape index (κ2) is 6.89. The van der Waals surface area contributed by atoms with E-state index in [2.05, 4.69) is 15.2 Å². The first-order valence-corrected chi connectivity index (χ1v) is 8.92. The third-order valence-corrected chi connectivity index (χ3v) is 5.01. The number of fused-ring (bicyclic) bond motifs is 3. The van der Waals surface area contributed by atoms with E-state index in [-0.39, 0.29) is 5.52 Å². The lowest BCUT2D eigenvalue weighted by Crippen LogP contribution is -2.43. The number of nitrogens with one attached hydrogen (secondary N) is 1. The van der Waals surface area contributed by atoms with Gasteiger partial charge in [0, 0.05) is 55.2 Å². The lowest BCUT2D eigenvalue weighted by Gasteiger charge is -2.27. The van der Waals surface area contributed by atoms with Crippen LogP contribution < -0.4 is 5.32 Å². The van der Waals surface area contributed by atoms with Crippen molar-refractivity contribution in [2.24, 2.45) is 0 Å². The number of piperazine rings is 1. The maximum absolute atomic E-state index is 13.5. The van der Waals surface area contributed by atoms with Crippen molar-refractivity contribution in [3.8, 4) is 0 Å². The minimum atomic E-state index is -4.47. The highest BCUT2D eigenvalue weighted by atomic mass is 19.4. The predicted molar refractivity (Wildman–Crippen MR) is 96.2 cm³/mol. The number of halogens is 3. The van der Waals surface area contributed by atoms with E-state index < -0.39 is 11.9 Å². The standard InChI is InChI=1S/C19H21F3N4/c20-19(21,22)18-17-15(6-7-24-18)14-4-1-2-5-16(14)26(17)11-3-10-25-12-8-23-9-13-25/h1-2,4-7,23H,3,8-13H2. The van der Waals surface area contributed by atoms with Gasteiger partial charge in [0.1, 0.15) is 0 Å². The van der Waals surface area contributed by atoms with Gasteiger partial charge in [0.25, 0.3) is 0 Å². The van der Waals surface area contributed by atoms with Gasteiger partial charge < -0.3 is 14.8 Å². The second-order valence-electron chi connectivity index (χ2n) is 6.67. The Morgan fingerprint density at radius 3 is 2.54 bits per heavy atom. The van der Waals surface area contributed by atoms with Crippen LogP contribution in [0.4, 0.5) is 13.2 Å². The summed E-state index contributed by atoms with van der Waals surface area (Å²) in [6, 6.07) is 9.18. The van der Waals surface area contributed by atoms with Crippen LogP contribution >= 0.6 is 0 Å². The average molecular weight is 362 g/mol. The molecular formula is C19H21F3N4. The highest BCUT2D eigenvalue weighted by Gasteiger charge is 2.36. The fourth-order valence-electron chi connectivity index (χ4n) is 3.83. The second-order valence-corrected chi connectivity index (χ2v) is 6.67. The summed E-state index contributed by atoms with van der Waals surface area (Å²) in [5, 5.41) is 4.77. The largest absolute Gasteiger partial charge is 0.435 e. The molecule has 4 rings (SSSR count). The Balaban J connectivity index is 1.73. The molecular weight excluding hydrogens is 341 g/mol.